The number of nitrogens with zero attached hydrogens (tertiary/aromatic N) is 3. The zero-order valence-corrected chi connectivity index (χ0v) is 16.6. The summed E-state index contributed by atoms with van der Waals surface area (Å²) in [6.07, 6.45) is -4.50. The number of likely N-dealkylation sites (N-methyl/N-ethyl adjacent to an activating group) is 1. The zero-order valence-electron chi connectivity index (χ0n) is 15.8. The minimum absolute atomic E-state index is 0.0265. The highest BCUT2D eigenvalue weighted by Crippen LogP contribution is 2.29. The molecule has 158 valence electrons. The van der Waals surface area contributed by atoms with Crippen LogP contribution in [-0.2, 0) is 15.8 Å². The molecule has 0 radical (unpaired) electrons. The number of benzene rings is 2. The molecule has 0 aromatic heterocycles. The Bertz CT molecular complexity index is 962. The van der Waals surface area contributed by atoms with Gasteiger partial charge < -0.3 is 9.80 Å². The quantitative estimate of drug-likeness (QED) is 0.734. The van der Waals surface area contributed by atoms with E-state index in [0.29, 0.717) is 10.7 Å². The maximum absolute atomic E-state index is 12.6. The summed E-state index contributed by atoms with van der Waals surface area (Å²) in [4.78, 5) is 41.0. The number of carbonyl (C=O) groups excluding carboxylic acids is 3. The van der Waals surface area contributed by atoms with E-state index in [1.165, 1.54) is 16.8 Å². The molecule has 2 aromatic rings. The Labute approximate surface area is 175 Å². The van der Waals surface area contributed by atoms with Gasteiger partial charge in [0.15, 0.2) is 0 Å². The van der Waals surface area contributed by atoms with Crippen LogP contribution in [0.25, 0.3) is 0 Å². The molecule has 1 fully saturated rings. The number of rotatable bonds is 4. The van der Waals surface area contributed by atoms with Crippen LogP contribution in [-0.4, -0.2) is 54.3 Å². The first kappa shape index (κ1) is 21.6. The van der Waals surface area contributed by atoms with E-state index in [0.717, 1.165) is 29.2 Å². The van der Waals surface area contributed by atoms with Crippen LogP contribution in [0.1, 0.15) is 15.9 Å². The van der Waals surface area contributed by atoms with Crippen LogP contribution in [0.3, 0.4) is 0 Å². The predicted molar refractivity (Wildman–Crippen MR) is 104 cm³/mol. The van der Waals surface area contributed by atoms with Gasteiger partial charge in [0.2, 0.25) is 11.8 Å². The summed E-state index contributed by atoms with van der Waals surface area (Å²) < 4.78 is 37.9. The second kappa shape index (κ2) is 8.35. The molecule has 1 saturated heterocycles. The lowest BCUT2D eigenvalue weighted by Gasteiger charge is -2.22. The molecule has 3 rings (SSSR count). The van der Waals surface area contributed by atoms with Gasteiger partial charge in [-0.1, -0.05) is 11.6 Å². The van der Waals surface area contributed by atoms with Crippen molar-refractivity contribution in [2.75, 3.05) is 31.7 Å². The van der Waals surface area contributed by atoms with E-state index >= 15 is 0 Å². The van der Waals surface area contributed by atoms with Crippen molar-refractivity contribution in [3.8, 4) is 0 Å². The largest absolute Gasteiger partial charge is 0.416 e. The third-order valence-corrected chi connectivity index (χ3v) is 4.86. The standard InChI is InChI=1S/C20H17ClF3N3O3/c1-25(19(30)13-2-4-14(5-3-13)20(22,23)24)10-17(28)26-11-18(29)27(12-26)16-8-6-15(21)7-9-16/h2-9H,10-12H2,1H3. The van der Waals surface area contributed by atoms with Gasteiger partial charge >= 0.3 is 6.18 Å². The molecule has 3 amide bonds. The van der Waals surface area contributed by atoms with Crippen molar-refractivity contribution in [2.45, 2.75) is 6.18 Å². The Balaban J connectivity index is 1.62. The third-order valence-electron chi connectivity index (χ3n) is 4.61. The summed E-state index contributed by atoms with van der Waals surface area (Å²) >= 11 is 5.84. The number of carbonyl (C=O) groups is 3. The minimum Gasteiger partial charge on any atom is -0.332 e. The number of anilines is 1. The van der Waals surface area contributed by atoms with E-state index in [4.69, 9.17) is 11.6 Å². The van der Waals surface area contributed by atoms with Crippen LogP contribution in [0.15, 0.2) is 48.5 Å². The Morgan fingerprint density at radius 1 is 1.07 bits per heavy atom. The number of alkyl halides is 3. The average Bonchev–Trinajstić information content (AvgIpc) is 3.09. The number of hydrogen-bond donors (Lipinski definition) is 0. The fourth-order valence-electron chi connectivity index (χ4n) is 2.96. The van der Waals surface area contributed by atoms with Crippen LogP contribution < -0.4 is 4.90 Å². The Morgan fingerprint density at radius 3 is 2.23 bits per heavy atom. The lowest BCUT2D eigenvalue weighted by Crippen LogP contribution is -2.41. The summed E-state index contributed by atoms with van der Waals surface area (Å²) in [6.45, 7) is -0.424. The van der Waals surface area contributed by atoms with Gasteiger partial charge in [-0.15, -0.1) is 0 Å². The summed E-state index contributed by atoms with van der Waals surface area (Å²) in [5.41, 5.74) is -0.247. The fraction of sp³-hybridized carbons (Fsp3) is 0.250. The number of halogens is 4. The van der Waals surface area contributed by atoms with E-state index in [2.05, 4.69) is 0 Å². The lowest BCUT2D eigenvalue weighted by atomic mass is 10.1. The second-order valence-electron chi connectivity index (χ2n) is 6.77. The highest BCUT2D eigenvalue weighted by molar-refractivity contribution is 6.30. The molecule has 1 heterocycles. The first-order valence-electron chi connectivity index (χ1n) is 8.82. The third kappa shape index (κ3) is 4.73. The maximum atomic E-state index is 12.6. The predicted octanol–water partition coefficient (Wildman–Crippen LogP) is 3.26. The van der Waals surface area contributed by atoms with Crippen LogP contribution in [0.2, 0.25) is 5.02 Å². The molecular formula is C20H17ClF3N3O3. The van der Waals surface area contributed by atoms with Crippen molar-refractivity contribution in [1.82, 2.24) is 9.80 Å². The van der Waals surface area contributed by atoms with Gasteiger partial charge in [-0.3, -0.25) is 19.3 Å². The monoisotopic (exact) mass is 439 g/mol. The molecule has 0 spiro atoms. The first-order chi connectivity index (χ1) is 14.1. The Kier molecular flexibility index (Phi) is 6.02. The lowest BCUT2D eigenvalue weighted by molar-refractivity contribution is -0.137. The van der Waals surface area contributed by atoms with Gasteiger partial charge in [0.05, 0.1) is 12.1 Å². The highest BCUT2D eigenvalue weighted by Gasteiger charge is 2.33. The minimum atomic E-state index is -4.50. The maximum Gasteiger partial charge on any atom is 0.416 e. The van der Waals surface area contributed by atoms with Crippen molar-refractivity contribution in [1.29, 1.82) is 0 Å². The van der Waals surface area contributed by atoms with E-state index in [9.17, 15) is 27.6 Å². The Morgan fingerprint density at radius 2 is 1.67 bits per heavy atom. The van der Waals surface area contributed by atoms with Gasteiger partial charge in [-0.2, -0.15) is 13.2 Å². The van der Waals surface area contributed by atoms with Gasteiger partial charge in [0.1, 0.15) is 13.2 Å². The van der Waals surface area contributed by atoms with E-state index in [-0.39, 0.29) is 31.2 Å². The fourth-order valence-corrected chi connectivity index (χ4v) is 3.08. The first-order valence-corrected chi connectivity index (χ1v) is 9.20. The molecule has 6 nitrogen and oxygen atoms in total. The summed E-state index contributed by atoms with van der Waals surface area (Å²) in [7, 11) is 1.37. The number of hydrogen-bond acceptors (Lipinski definition) is 3. The van der Waals surface area contributed by atoms with Crippen molar-refractivity contribution < 1.29 is 27.6 Å². The summed E-state index contributed by atoms with van der Waals surface area (Å²) in [5, 5.41) is 0.515. The van der Waals surface area contributed by atoms with Gasteiger partial charge in [0, 0.05) is 23.3 Å². The Hall–Kier alpha value is -3.07. The van der Waals surface area contributed by atoms with Gasteiger partial charge in [-0.25, -0.2) is 0 Å². The van der Waals surface area contributed by atoms with E-state index < -0.39 is 23.6 Å². The molecule has 1 aliphatic rings. The highest BCUT2D eigenvalue weighted by atomic mass is 35.5. The molecule has 30 heavy (non-hydrogen) atoms. The number of amides is 3. The van der Waals surface area contributed by atoms with Gasteiger partial charge in [0.25, 0.3) is 5.91 Å². The van der Waals surface area contributed by atoms with E-state index in [1.54, 1.807) is 24.3 Å². The molecule has 0 atom stereocenters. The molecule has 0 bridgehead atoms. The molecule has 2 aromatic carbocycles. The molecule has 0 aliphatic carbocycles. The summed E-state index contributed by atoms with van der Waals surface area (Å²) in [6, 6.07) is 10.3. The molecule has 0 saturated carbocycles. The van der Waals surface area contributed by atoms with Crippen LogP contribution in [0.5, 0.6) is 0 Å². The normalized spacial score (nSPS) is 14.2. The van der Waals surface area contributed by atoms with Crippen molar-refractivity contribution in [3.05, 3.63) is 64.7 Å². The molecular weight excluding hydrogens is 423 g/mol. The topological polar surface area (TPSA) is 60.9 Å². The summed E-state index contributed by atoms with van der Waals surface area (Å²) in [5.74, 6) is -1.33. The SMILES string of the molecule is CN(CC(=O)N1CC(=O)N(c2ccc(Cl)cc2)C1)C(=O)c1ccc(C(F)(F)F)cc1. The van der Waals surface area contributed by atoms with Crippen LogP contribution >= 0.6 is 11.6 Å². The van der Waals surface area contributed by atoms with Crippen molar-refractivity contribution in [2.24, 2.45) is 0 Å². The van der Waals surface area contributed by atoms with Crippen molar-refractivity contribution >= 4 is 35.0 Å². The molecule has 10 heteroatoms. The van der Waals surface area contributed by atoms with Crippen LogP contribution in [0, 0.1) is 0 Å². The molecule has 1 aliphatic heterocycles. The second-order valence-corrected chi connectivity index (χ2v) is 7.20. The molecule has 0 unspecified atom stereocenters. The van der Waals surface area contributed by atoms with Crippen LogP contribution in [0.4, 0.5) is 18.9 Å². The average molecular weight is 440 g/mol. The molecule has 0 N–H and O–H groups in total. The zero-order chi connectivity index (χ0) is 22.1. The van der Waals surface area contributed by atoms with E-state index in [1.807, 2.05) is 0 Å². The smallest absolute Gasteiger partial charge is 0.332 e. The van der Waals surface area contributed by atoms with Gasteiger partial charge in [-0.05, 0) is 48.5 Å². The van der Waals surface area contributed by atoms with Crippen molar-refractivity contribution in [3.63, 3.8) is 0 Å².